The molecule has 0 aliphatic rings. The Morgan fingerprint density at radius 2 is 2.00 bits per heavy atom. The Labute approximate surface area is 80.9 Å². The monoisotopic (exact) mass is 190 g/mol. The molecule has 0 aromatic rings. The van der Waals surface area contributed by atoms with Crippen molar-refractivity contribution in [2.45, 2.75) is 32.4 Å². The van der Waals surface area contributed by atoms with Crippen molar-refractivity contribution < 1.29 is 0 Å². The molecule has 1 atom stereocenters. The summed E-state index contributed by atoms with van der Waals surface area (Å²) in [5.41, 5.74) is 5.84. The predicted octanol–water partition coefficient (Wildman–Crippen LogP) is 1.41. The van der Waals surface area contributed by atoms with Crippen LogP contribution in [0.4, 0.5) is 0 Å². The van der Waals surface area contributed by atoms with Crippen LogP contribution in [0.25, 0.3) is 0 Å². The summed E-state index contributed by atoms with van der Waals surface area (Å²) in [6, 6.07) is 0.614. The highest BCUT2D eigenvalue weighted by Gasteiger charge is 2.17. The van der Waals surface area contributed by atoms with Crippen LogP contribution in [0.3, 0.4) is 0 Å². The molecule has 0 aliphatic heterocycles. The molecule has 2 N–H and O–H groups in total. The lowest BCUT2D eigenvalue weighted by atomic mass is 10.1. The summed E-state index contributed by atoms with van der Waals surface area (Å²) < 4.78 is 0. The minimum absolute atomic E-state index is 0.0819. The lowest BCUT2D eigenvalue weighted by molar-refractivity contribution is 0.228. The quantitative estimate of drug-likeness (QED) is 0.711. The lowest BCUT2D eigenvalue weighted by Crippen LogP contribution is -2.47. The Morgan fingerprint density at radius 1 is 1.50 bits per heavy atom. The topological polar surface area (TPSA) is 29.3 Å². The number of thioether (sulfide) groups is 1. The molecule has 0 heterocycles. The largest absolute Gasteiger partial charge is 0.324 e. The van der Waals surface area contributed by atoms with Crippen molar-refractivity contribution in [2.75, 3.05) is 25.6 Å². The molecular weight excluding hydrogens is 168 g/mol. The van der Waals surface area contributed by atoms with Gasteiger partial charge in [0.2, 0.25) is 0 Å². The third kappa shape index (κ3) is 5.86. The normalized spacial score (nSPS) is 15.2. The van der Waals surface area contributed by atoms with E-state index in [1.165, 1.54) is 5.75 Å². The molecule has 0 bridgehead atoms. The van der Waals surface area contributed by atoms with Gasteiger partial charge < -0.3 is 10.6 Å². The van der Waals surface area contributed by atoms with Gasteiger partial charge in [-0.3, -0.25) is 0 Å². The second kappa shape index (κ2) is 5.10. The van der Waals surface area contributed by atoms with E-state index in [0.717, 1.165) is 6.54 Å². The molecule has 0 aromatic carbocycles. The molecule has 0 saturated carbocycles. The number of hydrogen-bond acceptors (Lipinski definition) is 3. The fourth-order valence-corrected chi connectivity index (χ4v) is 1.90. The van der Waals surface area contributed by atoms with E-state index in [2.05, 4.69) is 39.0 Å². The zero-order valence-corrected chi connectivity index (χ0v) is 9.74. The maximum atomic E-state index is 5.92. The zero-order chi connectivity index (χ0) is 9.78. The van der Waals surface area contributed by atoms with Gasteiger partial charge in [-0.1, -0.05) is 0 Å². The minimum atomic E-state index is -0.0819. The number of likely N-dealkylation sites (N-methyl/N-ethyl adjacent to an activating group) is 1. The van der Waals surface area contributed by atoms with Crippen LogP contribution in [0, 0.1) is 0 Å². The SMILES string of the molecule is CSCC(C)N(C)CC(C)(C)N. The van der Waals surface area contributed by atoms with Crippen molar-refractivity contribution in [1.82, 2.24) is 4.90 Å². The maximum absolute atomic E-state index is 5.92. The van der Waals surface area contributed by atoms with Gasteiger partial charge in [0.25, 0.3) is 0 Å². The van der Waals surface area contributed by atoms with E-state index in [4.69, 9.17) is 5.73 Å². The van der Waals surface area contributed by atoms with Gasteiger partial charge in [0.05, 0.1) is 0 Å². The second-order valence-corrected chi connectivity index (χ2v) is 5.12. The second-order valence-electron chi connectivity index (χ2n) is 4.21. The number of nitrogens with two attached hydrogens (primary N) is 1. The molecule has 0 amide bonds. The standard InChI is InChI=1S/C9H22N2S/c1-8(6-12-5)11(4)7-9(2,3)10/h8H,6-7,10H2,1-5H3. The van der Waals surface area contributed by atoms with Crippen molar-refractivity contribution in [3.63, 3.8) is 0 Å². The van der Waals surface area contributed by atoms with Crippen LogP contribution in [0.5, 0.6) is 0 Å². The summed E-state index contributed by atoms with van der Waals surface area (Å²) in [5, 5.41) is 0. The van der Waals surface area contributed by atoms with E-state index >= 15 is 0 Å². The van der Waals surface area contributed by atoms with E-state index in [1.807, 2.05) is 11.8 Å². The molecule has 2 nitrogen and oxygen atoms in total. The molecule has 74 valence electrons. The summed E-state index contributed by atoms with van der Waals surface area (Å²) in [5.74, 6) is 1.17. The van der Waals surface area contributed by atoms with Gasteiger partial charge in [0, 0.05) is 23.9 Å². The number of rotatable bonds is 5. The van der Waals surface area contributed by atoms with Gasteiger partial charge in [0.15, 0.2) is 0 Å². The van der Waals surface area contributed by atoms with Crippen LogP contribution >= 0.6 is 11.8 Å². The Kier molecular flexibility index (Phi) is 5.21. The molecule has 12 heavy (non-hydrogen) atoms. The summed E-state index contributed by atoms with van der Waals surface area (Å²) >= 11 is 1.88. The van der Waals surface area contributed by atoms with E-state index in [1.54, 1.807) is 0 Å². The van der Waals surface area contributed by atoms with Crippen molar-refractivity contribution in [2.24, 2.45) is 5.73 Å². The van der Waals surface area contributed by atoms with Gasteiger partial charge in [-0.15, -0.1) is 0 Å². The first-order chi connectivity index (χ1) is 5.37. The van der Waals surface area contributed by atoms with Gasteiger partial charge >= 0.3 is 0 Å². The molecule has 0 fully saturated rings. The molecule has 0 aliphatic carbocycles. The summed E-state index contributed by atoms with van der Waals surface area (Å²) in [6.45, 7) is 7.32. The summed E-state index contributed by atoms with van der Waals surface area (Å²) in [7, 11) is 2.13. The predicted molar refractivity (Wildman–Crippen MR) is 58.7 cm³/mol. The highest BCUT2D eigenvalue weighted by molar-refractivity contribution is 7.98. The van der Waals surface area contributed by atoms with Crippen molar-refractivity contribution in [3.05, 3.63) is 0 Å². The molecule has 0 saturated heterocycles. The van der Waals surface area contributed by atoms with Crippen LogP contribution in [0.15, 0.2) is 0 Å². The van der Waals surface area contributed by atoms with Crippen LogP contribution in [-0.4, -0.2) is 42.1 Å². The molecular formula is C9H22N2S. The van der Waals surface area contributed by atoms with Crippen molar-refractivity contribution in [3.8, 4) is 0 Å². The average molecular weight is 190 g/mol. The van der Waals surface area contributed by atoms with Gasteiger partial charge in [0.1, 0.15) is 0 Å². The smallest absolute Gasteiger partial charge is 0.0226 e. The fourth-order valence-electron chi connectivity index (χ4n) is 1.17. The average Bonchev–Trinajstić information content (AvgIpc) is 1.84. The lowest BCUT2D eigenvalue weighted by Gasteiger charge is -2.30. The van der Waals surface area contributed by atoms with E-state index in [9.17, 15) is 0 Å². The maximum Gasteiger partial charge on any atom is 0.0226 e. The van der Waals surface area contributed by atoms with Gasteiger partial charge in [-0.2, -0.15) is 11.8 Å². The Balaban J connectivity index is 3.78. The fraction of sp³-hybridized carbons (Fsp3) is 1.00. The van der Waals surface area contributed by atoms with Crippen molar-refractivity contribution in [1.29, 1.82) is 0 Å². The minimum Gasteiger partial charge on any atom is -0.324 e. The molecule has 0 spiro atoms. The van der Waals surface area contributed by atoms with Crippen LogP contribution in [0.1, 0.15) is 20.8 Å². The Hall–Kier alpha value is 0.270. The van der Waals surface area contributed by atoms with Crippen molar-refractivity contribution >= 4 is 11.8 Å². The highest BCUT2D eigenvalue weighted by atomic mass is 32.2. The van der Waals surface area contributed by atoms with Gasteiger partial charge in [-0.25, -0.2) is 0 Å². The number of nitrogens with zero attached hydrogens (tertiary/aromatic N) is 1. The summed E-state index contributed by atoms with van der Waals surface area (Å²) in [4.78, 5) is 2.32. The van der Waals surface area contributed by atoms with Gasteiger partial charge in [-0.05, 0) is 34.1 Å². The zero-order valence-electron chi connectivity index (χ0n) is 8.92. The summed E-state index contributed by atoms with van der Waals surface area (Å²) in [6.07, 6.45) is 2.14. The molecule has 1 unspecified atom stereocenters. The van der Waals surface area contributed by atoms with Crippen LogP contribution in [0.2, 0.25) is 0 Å². The van der Waals surface area contributed by atoms with Crippen LogP contribution in [-0.2, 0) is 0 Å². The molecule has 0 rings (SSSR count). The van der Waals surface area contributed by atoms with E-state index in [-0.39, 0.29) is 5.54 Å². The molecule has 0 aromatic heterocycles. The molecule has 3 heteroatoms. The molecule has 0 radical (unpaired) electrons. The van der Waals surface area contributed by atoms with Crippen LogP contribution < -0.4 is 5.73 Å². The van der Waals surface area contributed by atoms with E-state index in [0.29, 0.717) is 6.04 Å². The van der Waals surface area contributed by atoms with E-state index < -0.39 is 0 Å². The number of hydrogen-bond donors (Lipinski definition) is 1. The third-order valence-corrected chi connectivity index (χ3v) is 2.63. The highest BCUT2D eigenvalue weighted by Crippen LogP contribution is 2.07. The third-order valence-electron chi connectivity index (χ3n) is 1.82. The Morgan fingerprint density at radius 3 is 2.33 bits per heavy atom. The first-order valence-electron chi connectivity index (χ1n) is 4.35. The first kappa shape index (κ1) is 12.3. The Bertz CT molecular complexity index is 120. The first-order valence-corrected chi connectivity index (χ1v) is 5.74.